The van der Waals surface area contributed by atoms with E-state index in [-0.39, 0.29) is 0 Å². The Morgan fingerprint density at radius 1 is 1.56 bits per heavy atom. The fraction of sp³-hybridized carbons (Fsp3) is 0.385. The van der Waals surface area contributed by atoms with Crippen molar-refractivity contribution in [1.29, 1.82) is 0 Å². The molecule has 0 aromatic heterocycles. The Kier molecular flexibility index (Phi) is 6.61. The maximum atomic E-state index is 3.79. The summed E-state index contributed by atoms with van der Waals surface area (Å²) in [7, 11) is 0. The van der Waals surface area contributed by atoms with Crippen LogP contribution in [0.4, 0.5) is 0 Å². The van der Waals surface area contributed by atoms with Gasteiger partial charge in [0.25, 0.3) is 0 Å². The van der Waals surface area contributed by atoms with E-state index in [0.717, 1.165) is 23.9 Å². The Hall–Kier alpha value is 0.130. The van der Waals surface area contributed by atoms with Gasteiger partial charge < -0.3 is 5.32 Å². The minimum Gasteiger partial charge on any atom is -0.310 e. The van der Waals surface area contributed by atoms with Gasteiger partial charge in [-0.3, -0.25) is 0 Å². The molecule has 1 rings (SSSR count). The molecule has 1 aromatic carbocycles. The van der Waals surface area contributed by atoms with Gasteiger partial charge >= 0.3 is 0 Å². The van der Waals surface area contributed by atoms with Crippen LogP contribution in [0.5, 0.6) is 0 Å². The van der Waals surface area contributed by atoms with E-state index in [1.54, 1.807) is 0 Å². The van der Waals surface area contributed by atoms with E-state index in [0.29, 0.717) is 6.04 Å². The van der Waals surface area contributed by atoms with Crippen molar-refractivity contribution in [2.75, 3.05) is 6.54 Å². The Balaban J connectivity index is 2.89. The van der Waals surface area contributed by atoms with Crippen LogP contribution in [0.2, 0.25) is 0 Å². The van der Waals surface area contributed by atoms with Gasteiger partial charge in [0, 0.05) is 14.1 Å². The summed E-state index contributed by atoms with van der Waals surface area (Å²) < 4.78 is 2.46. The van der Waals surface area contributed by atoms with Crippen LogP contribution in [-0.2, 0) is 0 Å². The molecule has 88 valence electrons. The van der Waals surface area contributed by atoms with Crippen molar-refractivity contribution in [2.45, 2.75) is 25.8 Å². The lowest BCUT2D eigenvalue weighted by molar-refractivity contribution is 0.517. The van der Waals surface area contributed by atoms with Gasteiger partial charge in [0.15, 0.2) is 0 Å². The van der Waals surface area contributed by atoms with Crippen LogP contribution in [-0.4, -0.2) is 6.54 Å². The summed E-state index contributed by atoms with van der Waals surface area (Å²) in [6.45, 7) is 6.92. The second-order valence-electron chi connectivity index (χ2n) is 3.64. The van der Waals surface area contributed by atoms with E-state index >= 15 is 0 Å². The van der Waals surface area contributed by atoms with Gasteiger partial charge in [0.1, 0.15) is 0 Å². The molecule has 0 fully saturated rings. The molecule has 1 unspecified atom stereocenters. The summed E-state index contributed by atoms with van der Waals surface area (Å²) in [5.74, 6) is 0. The third-order valence-corrected chi connectivity index (χ3v) is 3.92. The standard InChI is InChI=1S/C13H17BrIN/c1-3-5-6-13(16-4-2)11-9-10(14)7-8-12(11)15/h3,7-9,13,16H,1,4-6H2,2H3. The zero-order chi connectivity index (χ0) is 12.0. The monoisotopic (exact) mass is 393 g/mol. The first-order chi connectivity index (χ1) is 7.69. The van der Waals surface area contributed by atoms with E-state index < -0.39 is 0 Å². The van der Waals surface area contributed by atoms with E-state index in [9.17, 15) is 0 Å². The van der Waals surface area contributed by atoms with E-state index in [4.69, 9.17) is 0 Å². The lowest BCUT2D eigenvalue weighted by atomic mass is 10.0. The van der Waals surface area contributed by atoms with E-state index in [2.05, 4.69) is 75.5 Å². The molecule has 0 saturated carbocycles. The first kappa shape index (κ1) is 14.2. The van der Waals surface area contributed by atoms with Crippen LogP contribution in [0.15, 0.2) is 35.3 Å². The lowest BCUT2D eigenvalue weighted by Gasteiger charge is -2.19. The fourth-order valence-corrected chi connectivity index (χ4v) is 2.77. The van der Waals surface area contributed by atoms with Gasteiger partial charge in [-0.15, -0.1) is 6.58 Å². The highest BCUT2D eigenvalue weighted by Crippen LogP contribution is 2.27. The fourth-order valence-electron chi connectivity index (χ4n) is 1.68. The average Bonchev–Trinajstić information content (AvgIpc) is 2.28. The minimum absolute atomic E-state index is 0.424. The molecule has 0 heterocycles. The normalized spacial score (nSPS) is 12.4. The van der Waals surface area contributed by atoms with Gasteiger partial charge in [-0.1, -0.05) is 28.9 Å². The van der Waals surface area contributed by atoms with Crippen molar-refractivity contribution < 1.29 is 0 Å². The maximum Gasteiger partial charge on any atom is 0.0333 e. The molecule has 16 heavy (non-hydrogen) atoms. The maximum absolute atomic E-state index is 3.79. The van der Waals surface area contributed by atoms with Crippen LogP contribution in [0.25, 0.3) is 0 Å². The topological polar surface area (TPSA) is 12.0 Å². The van der Waals surface area contributed by atoms with Crippen molar-refractivity contribution in [3.63, 3.8) is 0 Å². The summed E-state index contributed by atoms with van der Waals surface area (Å²) in [4.78, 5) is 0. The van der Waals surface area contributed by atoms with Crippen LogP contribution < -0.4 is 5.32 Å². The number of nitrogens with one attached hydrogen (secondary N) is 1. The van der Waals surface area contributed by atoms with Gasteiger partial charge in [-0.05, 0) is 65.7 Å². The zero-order valence-electron chi connectivity index (χ0n) is 9.47. The van der Waals surface area contributed by atoms with Crippen LogP contribution in [0.3, 0.4) is 0 Å². The van der Waals surface area contributed by atoms with Crippen molar-refractivity contribution in [3.8, 4) is 0 Å². The highest BCUT2D eigenvalue weighted by molar-refractivity contribution is 14.1. The molecule has 1 aromatic rings. The molecule has 0 aliphatic carbocycles. The third kappa shape index (κ3) is 4.18. The molecule has 0 amide bonds. The highest BCUT2D eigenvalue weighted by Gasteiger charge is 2.12. The first-order valence-electron chi connectivity index (χ1n) is 5.48. The van der Waals surface area contributed by atoms with Gasteiger partial charge in [0.2, 0.25) is 0 Å². The Morgan fingerprint density at radius 2 is 2.31 bits per heavy atom. The number of rotatable bonds is 6. The zero-order valence-corrected chi connectivity index (χ0v) is 13.2. The number of halogens is 2. The quantitative estimate of drug-likeness (QED) is 0.547. The third-order valence-electron chi connectivity index (χ3n) is 2.44. The largest absolute Gasteiger partial charge is 0.310 e. The number of hydrogen-bond donors (Lipinski definition) is 1. The van der Waals surface area contributed by atoms with Gasteiger partial charge in [-0.25, -0.2) is 0 Å². The van der Waals surface area contributed by atoms with Crippen molar-refractivity contribution in [2.24, 2.45) is 0 Å². The Bertz CT molecular complexity index is 352. The molecule has 1 N–H and O–H groups in total. The molecule has 1 nitrogen and oxygen atoms in total. The predicted molar refractivity (Wildman–Crippen MR) is 82.7 cm³/mol. The summed E-state index contributed by atoms with van der Waals surface area (Å²) in [6.07, 6.45) is 4.12. The summed E-state index contributed by atoms with van der Waals surface area (Å²) in [5, 5.41) is 3.53. The number of hydrogen-bond acceptors (Lipinski definition) is 1. The molecule has 3 heteroatoms. The van der Waals surface area contributed by atoms with E-state index in [1.807, 2.05) is 6.08 Å². The van der Waals surface area contributed by atoms with Crippen LogP contribution in [0.1, 0.15) is 31.4 Å². The first-order valence-corrected chi connectivity index (χ1v) is 7.35. The van der Waals surface area contributed by atoms with Crippen molar-refractivity contribution in [3.05, 3.63) is 44.5 Å². The molecule has 0 spiro atoms. The minimum atomic E-state index is 0.424. The second-order valence-corrected chi connectivity index (χ2v) is 5.72. The number of allylic oxidation sites excluding steroid dienone is 1. The van der Waals surface area contributed by atoms with Crippen molar-refractivity contribution in [1.82, 2.24) is 5.32 Å². The average molecular weight is 394 g/mol. The molecule has 0 aliphatic heterocycles. The molecular weight excluding hydrogens is 377 g/mol. The van der Waals surface area contributed by atoms with Crippen molar-refractivity contribution >= 4 is 38.5 Å². The van der Waals surface area contributed by atoms with Gasteiger partial charge in [-0.2, -0.15) is 0 Å². The van der Waals surface area contributed by atoms with Crippen LogP contribution in [0, 0.1) is 3.57 Å². The molecular formula is C13H17BrIN. The summed E-state index contributed by atoms with van der Waals surface area (Å²) >= 11 is 5.93. The Labute approximate surface area is 120 Å². The Morgan fingerprint density at radius 3 is 2.94 bits per heavy atom. The van der Waals surface area contributed by atoms with Gasteiger partial charge in [0.05, 0.1) is 0 Å². The number of benzene rings is 1. The molecule has 0 saturated heterocycles. The molecule has 0 aliphatic rings. The smallest absolute Gasteiger partial charge is 0.0333 e. The molecule has 0 bridgehead atoms. The lowest BCUT2D eigenvalue weighted by Crippen LogP contribution is -2.21. The predicted octanol–water partition coefficient (Wildman–Crippen LogP) is 4.67. The molecule has 0 radical (unpaired) electrons. The SMILES string of the molecule is C=CCCC(NCC)c1cc(Br)ccc1I. The molecule has 1 atom stereocenters. The highest BCUT2D eigenvalue weighted by atomic mass is 127. The summed E-state index contributed by atoms with van der Waals surface area (Å²) in [6, 6.07) is 6.87. The summed E-state index contributed by atoms with van der Waals surface area (Å²) in [5.41, 5.74) is 1.37. The second kappa shape index (κ2) is 7.45. The van der Waals surface area contributed by atoms with E-state index in [1.165, 1.54) is 9.13 Å². The van der Waals surface area contributed by atoms with Crippen LogP contribution >= 0.6 is 38.5 Å².